The second kappa shape index (κ2) is 15.1. The largest absolute Gasteiger partial charge is 0.309 e. The lowest BCUT2D eigenvalue weighted by Crippen LogP contribution is -1.97. The lowest BCUT2D eigenvalue weighted by Gasteiger charge is -2.13. The first-order valence-electron chi connectivity index (χ1n) is 24.1. The molecule has 4 aromatic heterocycles. The van der Waals surface area contributed by atoms with Crippen molar-refractivity contribution in [3.8, 4) is 45.0 Å². The van der Waals surface area contributed by atoms with E-state index in [4.69, 9.17) is 0 Å². The van der Waals surface area contributed by atoms with E-state index in [1.165, 1.54) is 109 Å². The van der Waals surface area contributed by atoms with Gasteiger partial charge in [0.1, 0.15) is 0 Å². The molecule has 0 N–H and O–H groups in total. The summed E-state index contributed by atoms with van der Waals surface area (Å²) in [5, 5.41) is 9.94. The van der Waals surface area contributed by atoms with Crippen molar-refractivity contribution in [1.82, 2.24) is 18.3 Å². The van der Waals surface area contributed by atoms with Gasteiger partial charge in [-0.1, -0.05) is 146 Å². The maximum atomic E-state index is 2.48. The Hall–Kier alpha value is -9.38. The Morgan fingerprint density at radius 1 is 0.157 bits per heavy atom. The first-order valence-corrected chi connectivity index (χ1v) is 24.1. The summed E-state index contributed by atoms with van der Waals surface area (Å²) < 4.78 is 9.64. The maximum absolute atomic E-state index is 2.48. The average Bonchev–Trinajstić information content (AvgIpc) is 4.16. The van der Waals surface area contributed by atoms with E-state index < -0.39 is 0 Å². The van der Waals surface area contributed by atoms with Crippen LogP contribution in [0.3, 0.4) is 0 Å². The van der Waals surface area contributed by atoms with Crippen LogP contribution in [-0.2, 0) is 0 Å². The van der Waals surface area contributed by atoms with E-state index in [1.54, 1.807) is 0 Å². The molecule has 0 aliphatic heterocycles. The van der Waals surface area contributed by atoms with Crippen molar-refractivity contribution < 1.29 is 0 Å². The molecule has 0 atom stereocenters. The molecule has 0 aliphatic rings. The zero-order valence-electron chi connectivity index (χ0n) is 38.0. The quantitative estimate of drug-likeness (QED) is 0.158. The van der Waals surface area contributed by atoms with E-state index in [0.717, 1.165) is 22.7 Å². The fraction of sp³-hybridized carbons (Fsp3) is 0. The van der Waals surface area contributed by atoms with E-state index in [0.29, 0.717) is 0 Å². The first kappa shape index (κ1) is 38.7. The molecular weight excluding hydrogens is 849 g/mol. The summed E-state index contributed by atoms with van der Waals surface area (Å²) in [4.78, 5) is 0. The Morgan fingerprint density at radius 2 is 0.414 bits per heavy atom. The third-order valence-electron chi connectivity index (χ3n) is 14.8. The van der Waals surface area contributed by atoms with Crippen molar-refractivity contribution in [3.63, 3.8) is 0 Å². The van der Waals surface area contributed by atoms with Gasteiger partial charge in [-0.15, -0.1) is 0 Å². The molecular formula is C66H42N4. The van der Waals surface area contributed by atoms with Crippen LogP contribution in [0.5, 0.6) is 0 Å². The van der Waals surface area contributed by atoms with Crippen molar-refractivity contribution in [3.05, 3.63) is 255 Å². The summed E-state index contributed by atoms with van der Waals surface area (Å²) in [6.45, 7) is 0. The van der Waals surface area contributed by atoms with Gasteiger partial charge in [0, 0.05) is 65.8 Å². The summed E-state index contributed by atoms with van der Waals surface area (Å²) in [6.07, 6.45) is 0. The normalized spacial score (nSPS) is 12.0. The molecule has 326 valence electrons. The topological polar surface area (TPSA) is 19.7 Å². The molecule has 0 radical (unpaired) electrons. The van der Waals surface area contributed by atoms with Crippen molar-refractivity contribution in [2.24, 2.45) is 0 Å². The van der Waals surface area contributed by atoms with Gasteiger partial charge in [-0.05, 0) is 131 Å². The third kappa shape index (κ3) is 5.71. The molecule has 0 fully saturated rings. The van der Waals surface area contributed by atoms with Gasteiger partial charge in [0.15, 0.2) is 0 Å². The molecule has 4 heteroatoms. The zero-order valence-corrected chi connectivity index (χ0v) is 38.0. The maximum Gasteiger partial charge on any atom is 0.0547 e. The molecule has 0 aliphatic carbocycles. The van der Waals surface area contributed by atoms with Crippen molar-refractivity contribution in [2.75, 3.05) is 0 Å². The molecule has 0 saturated carbocycles. The summed E-state index contributed by atoms with van der Waals surface area (Å²) in [7, 11) is 0. The van der Waals surface area contributed by atoms with Crippen LogP contribution in [0.2, 0.25) is 0 Å². The van der Waals surface area contributed by atoms with Crippen LogP contribution in [0.1, 0.15) is 0 Å². The van der Waals surface area contributed by atoms with Gasteiger partial charge in [0.2, 0.25) is 0 Å². The predicted octanol–water partition coefficient (Wildman–Crippen LogP) is 17.4. The molecule has 0 unspecified atom stereocenters. The van der Waals surface area contributed by atoms with E-state index in [-0.39, 0.29) is 0 Å². The fourth-order valence-corrected chi connectivity index (χ4v) is 11.6. The molecule has 15 aromatic rings. The van der Waals surface area contributed by atoms with Crippen LogP contribution in [0.4, 0.5) is 0 Å². The van der Waals surface area contributed by atoms with Gasteiger partial charge in [-0.3, -0.25) is 0 Å². The highest BCUT2D eigenvalue weighted by atomic mass is 15.0. The minimum atomic E-state index is 1.11. The Labute approximate surface area is 403 Å². The van der Waals surface area contributed by atoms with E-state index in [1.807, 2.05) is 0 Å². The number of hydrogen-bond donors (Lipinski definition) is 0. The molecule has 0 bridgehead atoms. The fourth-order valence-electron chi connectivity index (χ4n) is 11.6. The molecule has 4 nitrogen and oxygen atoms in total. The molecule has 11 aromatic carbocycles. The Bertz CT molecular complexity index is 4300. The zero-order chi connectivity index (χ0) is 45.9. The van der Waals surface area contributed by atoms with E-state index in [2.05, 4.69) is 273 Å². The van der Waals surface area contributed by atoms with Crippen LogP contribution in [-0.4, -0.2) is 18.3 Å². The summed E-state index contributed by atoms with van der Waals surface area (Å²) >= 11 is 0. The number of aromatic nitrogens is 4. The summed E-state index contributed by atoms with van der Waals surface area (Å²) in [5.74, 6) is 0. The summed E-state index contributed by atoms with van der Waals surface area (Å²) in [6, 6.07) is 93.6. The van der Waals surface area contributed by atoms with Gasteiger partial charge in [0.25, 0.3) is 0 Å². The number of benzene rings is 11. The van der Waals surface area contributed by atoms with Gasteiger partial charge >= 0.3 is 0 Å². The Morgan fingerprint density at radius 3 is 0.800 bits per heavy atom. The highest BCUT2D eigenvalue weighted by Gasteiger charge is 2.19. The minimum absolute atomic E-state index is 1.11. The number of para-hydroxylation sites is 6. The highest BCUT2D eigenvalue weighted by Crippen LogP contribution is 2.41. The number of nitrogens with zero attached hydrogens (tertiary/aromatic N) is 4. The second-order valence-corrected chi connectivity index (χ2v) is 18.5. The van der Waals surface area contributed by atoms with Crippen LogP contribution in [0, 0.1) is 0 Å². The minimum Gasteiger partial charge on any atom is -0.309 e. The predicted molar refractivity (Wildman–Crippen MR) is 295 cm³/mol. The average molecular weight is 891 g/mol. The van der Waals surface area contributed by atoms with E-state index in [9.17, 15) is 0 Å². The van der Waals surface area contributed by atoms with Crippen molar-refractivity contribution >= 4 is 87.2 Å². The lowest BCUT2D eigenvalue weighted by atomic mass is 10.00. The standard InChI is InChI=1S/C66H42N4/c1-3-15-47(16-4-1)67-61-25-13-9-21-53(61)57-39-43(29-37-63(57)67)45-27-35-55-56-36-28-46(44-30-38-64-58(40-44)54-22-10-14-26-62(54)68(64)48-17-5-2-6-18-48)42-66(56)70(65(55)41-45)50-33-31-49(32-34-50)69-59-23-11-7-19-51(59)52-20-8-12-24-60(52)69/h1-42H. The molecule has 4 heterocycles. The Kier molecular flexibility index (Phi) is 8.33. The van der Waals surface area contributed by atoms with Crippen molar-refractivity contribution in [2.45, 2.75) is 0 Å². The first-order chi connectivity index (χ1) is 34.7. The lowest BCUT2D eigenvalue weighted by molar-refractivity contribution is 1.14. The number of rotatable bonds is 6. The van der Waals surface area contributed by atoms with Gasteiger partial charge in [-0.25, -0.2) is 0 Å². The van der Waals surface area contributed by atoms with Gasteiger partial charge < -0.3 is 18.3 Å². The van der Waals surface area contributed by atoms with Crippen LogP contribution in [0.15, 0.2) is 255 Å². The number of hydrogen-bond acceptors (Lipinski definition) is 0. The molecule has 0 saturated heterocycles. The monoisotopic (exact) mass is 890 g/mol. The van der Waals surface area contributed by atoms with Crippen LogP contribution in [0.25, 0.3) is 132 Å². The smallest absolute Gasteiger partial charge is 0.0547 e. The van der Waals surface area contributed by atoms with Gasteiger partial charge in [0.05, 0.1) is 44.1 Å². The highest BCUT2D eigenvalue weighted by molar-refractivity contribution is 6.15. The molecule has 15 rings (SSSR count). The van der Waals surface area contributed by atoms with Crippen molar-refractivity contribution in [1.29, 1.82) is 0 Å². The molecule has 70 heavy (non-hydrogen) atoms. The second-order valence-electron chi connectivity index (χ2n) is 18.5. The Balaban J connectivity index is 0.929. The van der Waals surface area contributed by atoms with E-state index >= 15 is 0 Å². The molecule has 0 spiro atoms. The summed E-state index contributed by atoms with van der Waals surface area (Å²) in [5.41, 5.74) is 18.9. The van der Waals surface area contributed by atoms with Gasteiger partial charge in [-0.2, -0.15) is 0 Å². The van der Waals surface area contributed by atoms with Crippen LogP contribution < -0.4 is 0 Å². The number of fused-ring (bicyclic) bond motifs is 12. The SMILES string of the molecule is c1ccc(-n2c3ccccc3c3cc(-c4ccc5c6ccc(-c7ccc8c(c7)c7ccccc7n8-c7ccccc7)cc6n(-c6ccc(-n7c8ccccc8c8ccccc87)cc6)c5c4)ccc32)cc1. The van der Waals surface area contributed by atoms with Crippen LogP contribution >= 0.6 is 0 Å². The molecule has 0 amide bonds. The third-order valence-corrected chi connectivity index (χ3v) is 14.8.